The first-order valence-electron chi connectivity index (χ1n) is 6.33. The van der Waals surface area contributed by atoms with Gasteiger partial charge in [-0.15, -0.1) is 0 Å². The highest BCUT2D eigenvalue weighted by Crippen LogP contribution is 2.28. The molecule has 2 rings (SSSR count). The van der Waals surface area contributed by atoms with Gasteiger partial charge in [0.1, 0.15) is 11.6 Å². The van der Waals surface area contributed by atoms with Crippen LogP contribution in [0, 0.1) is 5.82 Å². The molecule has 0 fully saturated rings. The van der Waals surface area contributed by atoms with E-state index in [2.05, 4.69) is 5.32 Å². The molecular formula is C15H17ClFNO. The molecule has 0 bridgehead atoms. The van der Waals surface area contributed by atoms with Gasteiger partial charge in [0, 0.05) is 28.6 Å². The van der Waals surface area contributed by atoms with E-state index in [1.165, 1.54) is 6.07 Å². The molecular weight excluding hydrogens is 265 g/mol. The first-order chi connectivity index (χ1) is 9.17. The van der Waals surface area contributed by atoms with Crippen molar-refractivity contribution < 1.29 is 8.81 Å². The maximum Gasteiger partial charge on any atom is 0.127 e. The number of benzene rings is 1. The molecule has 1 N–H and O–H groups in total. The Kier molecular flexibility index (Phi) is 4.61. The summed E-state index contributed by atoms with van der Waals surface area (Å²) in [7, 11) is 1.85. The second-order valence-electron chi connectivity index (χ2n) is 4.40. The maximum atomic E-state index is 13.8. The van der Waals surface area contributed by atoms with E-state index in [-0.39, 0.29) is 11.9 Å². The minimum atomic E-state index is -0.269. The zero-order valence-electron chi connectivity index (χ0n) is 11.0. The van der Waals surface area contributed by atoms with E-state index in [0.29, 0.717) is 17.0 Å². The van der Waals surface area contributed by atoms with Crippen LogP contribution in [0.1, 0.15) is 29.9 Å². The van der Waals surface area contributed by atoms with Crippen LogP contribution in [0.15, 0.2) is 34.9 Å². The highest BCUT2D eigenvalue weighted by molar-refractivity contribution is 6.31. The summed E-state index contributed by atoms with van der Waals surface area (Å²) in [5.41, 5.74) is 1.59. The maximum absolute atomic E-state index is 13.8. The Balaban J connectivity index is 2.29. The van der Waals surface area contributed by atoms with E-state index in [4.69, 9.17) is 16.0 Å². The first kappa shape index (κ1) is 14.1. The third-order valence-electron chi connectivity index (χ3n) is 3.29. The zero-order chi connectivity index (χ0) is 13.8. The normalized spacial score (nSPS) is 12.6. The van der Waals surface area contributed by atoms with E-state index in [1.54, 1.807) is 18.4 Å². The van der Waals surface area contributed by atoms with Gasteiger partial charge in [-0.3, -0.25) is 0 Å². The molecule has 0 aliphatic heterocycles. The third kappa shape index (κ3) is 2.99. The van der Waals surface area contributed by atoms with Crippen molar-refractivity contribution in [2.45, 2.75) is 25.8 Å². The molecule has 102 valence electrons. The number of hydrogen-bond donors (Lipinski definition) is 1. The van der Waals surface area contributed by atoms with Gasteiger partial charge in [-0.2, -0.15) is 0 Å². The summed E-state index contributed by atoms with van der Waals surface area (Å²) in [6.45, 7) is 2.03. The molecule has 0 spiro atoms. The van der Waals surface area contributed by atoms with Crippen LogP contribution in [0.5, 0.6) is 0 Å². The summed E-state index contributed by atoms with van der Waals surface area (Å²) in [6.07, 6.45) is 2.97. The van der Waals surface area contributed by atoms with Crippen molar-refractivity contribution >= 4 is 11.6 Å². The minimum absolute atomic E-state index is 0.0110. The highest BCUT2D eigenvalue weighted by Gasteiger charge is 2.19. The topological polar surface area (TPSA) is 25.2 Å². The molecule has 2 nitrogen and oxygen atoms in total. The van der Waals surface area contributed by atoms with Gasteiger partial charge < -0.3 is 9.73 Å². The van der Waals surface area contributed by atoms with E-state index in [9.17, 15) is 4.39 Å². The van der Waals surface area contributed by atoms with E-state index in [1.807, 2.05) is 20.0 Å². The van der Waals surface area contributed by atoms with Crippen molar-refractivity contribution in [2.24, 2.45) is 0 Å². The van der Waals surface area contributed by atoms with Crippen LogP contribution in [0.3, 0.4) is 0 Å². The molecule has 4 heteroatoms. The van der Waals surface area contributed by atoms with E-state index >= 15 is 0 Å². The van der Waals surface area contributed by atoms with Crippen molar-refractivity contribution in [3.05, 3.63) is 58.3 Å². The van der Waals surface area contributed by atoms with Crippen molar-refractivity contribution in [1.29, 1.82) is 0 Å². The van der Waals surface area contributed by atoms with Gasteiger partial charge in [0.25, 0.3) is 0 Å². The molecule has 1 atom stereocenters. The largest absolute Gasteiger partial charge is 0.469 e. The predicted octanol–water partition coefficient (Wildman–Crippen LogP) is 4.14. The lowest BCUT2D eigenvalue weighted by Crippen LogP contribution is -2.20. The minimum Gasteiger partial charge on any atom is -0.469 e. The number of furan rings is 1. The Bertz CT molecular complexity index is 533. The number of rotatable bonds is 5. The number of aryl methyl sites for hydroxylation is 1. The van der Waals surface area contributed by atoms with Gasteiger partial charge in [-0.1, -0.05) is 24.6 Å². The Hall–Kier alpha value is -1.32. The van der Waals surface area contributed by atoms with Gasteiger partial charge in [-0.25, -0.2) is 4.39 Å². The van der Waals surface area contributed by atoms with Crippen molar-refractivity contribution in [1.82, 2.24) is 5.32 Å². The van der Waals surface area contributed by atoms with Crippen LogP contribution in [0.4, 0.5) is 4.39 Å². The summed E-state index contributed by atoms with van der Waals surface area (Å²) in [5.74, 6) is 0.654. The van der Waals surface area contributed by atoms with Crippen LogP contribution in [0.25, 0.3) is 0 Å². The van der Waals surface area contributed by atoms with Crippen LogP contribution >= 0.6 is 11.6 Å². The third-order valence-corrected chi connectivity index (χ3v) is 3.65. The molecule has 0 saturated carbocycles. The highest BCUT2D eigenvalue weighted by atomic mass is 35.5. The molecule has 1 aromatic carbocycles. The standard InChI is InChI=1S/C15H17ClFNO/c1-3-15-10(7-8-19-15)14(18-2)9-11-12(16)5-4-6-13(11)17/h4-8,14,18H,3,9H2,1-2H3. The van der Waals surface area contributed by atoms with Gasteiger partial charge in [0.2, 0.25) is 0 Å². The number of nitrogens with one attached hydrogen (secondary N) is 1. The lowest BCUT2D eigenvalue weighted by Gasteiger charge is -2.17. The fourth-order valence-corrected chi connectivity index (χ4v) is 2.49. The monoisotopic (exact) mass is 281 g/mol. The molecule has 0 aliphatic rings. The average Bonchev–Trinajstić information content (AvgIpc) is 2.87. The summed E-state index contributed by atoms with van der Waals surface area (Å²) < 4.78 is 19.3. The fourth-order valence-electron chi connectivity index (χ4n) is 2.25. The van der Waals surface area contributed by atoms with Gasteiger partial charge >= 0.3 is 0 Å². The van der Waals surface area contributed by atoms with Crippen molar-refractivity contribution in [3.63, 3.8) is 0 Å². The summed E-state index contributed by atoms with van der Waals surface area (Å²) in [6, 6.07) is 6.68. The molecule has 1 heterocycles. The Morgan fingerprint density at radius 2 is 2.16 bits per heavy atom. The second-order valence-corrected chi connectivity index (χ2v) is 4.81. The molecule has 1 unspecified atom stereocenters. The van der Waals surface area contributed by atoms with Gasteiger partial charge in [0.15, 0.2) is 0 Å². The first-order valence-corrected chi connectivity index (χ1v) is 6.71. The van der Waals surface area contributed by atoms with Gasteiger partial charge in [0.05, 0.1) is 6.26 Å². The smallest absolute Gasteiger partial charge is 0.127 e. The molecule has 0 saturated heterocycles. The molecule has 2 aromatic rings. The van der Waals surface area contributed by atoms with Crippen LogP contribution in [0.2, 0.25) is 5.02 Å². The quantitative estimate of drug-likeness (QED) is 0.891. The Morgan fingerprint density at radius 1 is 1.37 bits per heavy atom. The van der Waals surface area contributed by atoms with Crippen LogP contribution < -0.4 is 5.32 Å². The number of likely N-dealkylation sites (N-methyl/N-ethyl adjacent to an activating group) is 1. The molecule has 19 heavy (non-hydrogen) atoms. The zero-order valence-corrected chi connectivity index (χ0v) is 11.8. The number of hydrogen-bond acceptors (Lipinski definition) is 2. The SMILES string of the molecule is CCc1occc1C(Cc1c(F)cccc1Cl)NC. The molecule has 1 aromatic heterocycles. The van der Waals surface area contributed by atoms with E-state index < -0.39 is 0 Å². The van der Waals surface area contributed by atoms with Gasteiger partial charge in [-0.05, 0) is 31.7 Å². The van der Waals surface area contributed by atoms with Crippen LogP contribution in [-0.4, -0.2) is 7.05 Å². The average molecular weight is 282 g/mol. The lowest BCUT2D eigenvalue weighted by molar-refractivity contribution is 0.492. The second kappa shape index (κ2) is 6.22. The molecule has 0 aliphatic carbocycles. The predicted molar refractivity (Wildman–Crippen MR) is 75.0 cm³/mol. The number of halogens is 2. The fraction of sp³-hybridized carbons (Fsp3) is 0.333. The Labute approximate surface area is 117 Å². The summed E-state index contributed by atoms with van der Waals surface area (Å²) >= 11 is 6.07. The molecule has 0 radical (unpaired) electrons. The van der Waals surface area contributed by atoms with Crippen molar-refractivity contribution in [2.75, 3.05) is 7.05 Å². The van der Waals surface area contributed by atoms with Crippen LogP contribution in [-0.2, 0) is 12.8 Å². The van der Waals surface area contributed by atoms with Crippen molar-refractivity contribution in [3.8, 4) is 0 Å². The Morgan fingerprint density at radius 3 is 2.79 bits per heavy atom. The molecule has 0 amide bonds. The lowest BCUT2D eigenvalue weighted by atomic mass is 9.98. The summed E-state index contributed by atoms with van der Waals surface area (Å²) in [4.78, 5) is 0. The summed E-state index contributed by atoms with van der Waals surface area (Å²) in [5, 5.41) is 3.66. The van der Waals surface area contributed by atoms with E-state index in [0.717, 1.165) is 17.7 Å².